The van der Waals surface area contributed by atoms with Gasteiger partial charge in [-0.05, 0) is 98.1 Å². The number of carboxylic acids is 1. The van der Waals surface area contributed by atoms with Crippen LogP contribution < -0.4 is 11.1 Å². The normalized spacial score (nSPS) is 15.6. The molecule has 0 bridgehead atoms. The summed E-state index contributed by atoms with van der Waals surface area (Å²) in [4.78, 5) is 22.7. The summed E-state index contributed by atoms with van der Waals surface area (Å²) in [6.45, 7) is 4.72. The molecule has 0 spiro atoms. The highest BCUT2D eigenvalue weighted by atomic mass is 35.5. The number of carboxylic acid groups (broad SMARTS) is 1. The van der Waals surface area contributed by atoms with Gasteiger partial charge in [0, 0.05) is 42.4 Å². The van der Waals surface area contributed by atoms with Crippen molar-refractivity contribution in [3.8, 4) is 23.7 Å². The third-order valence-electron chi connectivity index (χ3n) is 7.64. The summed E-state index contributed by atoms with van der Waals surface area (Å²) in [5.41, 5.74) is 8.20. The Morgan fingerprint density at radius 2 is 1.16 bits per heavy atom. The molecule has 2 saturated heterocycles. The van der Waals surface area contributed by atoms with Gasteiger partial charge >= 0.3 is 5.97 Å². The lowest BCUT2D eigenvalue weighted by atomic mass is 10.1. The zero-order valence-electron chi connectivity index (χ0n) is 27.4. The zero-order chi connectivity index (χ0) is 34.8. The minimum Gasteiger partial charge on any atom is -0.478 e. The molecule has 0 radical (unpaired) electrons. The van der Waals surface area contributed by atoms with E-state index in [1.54, 1.807) is 72.8 Å². The van der Waals surface area contributed by atoms with Crippen LogP contribution in [-0.4, -0.2) is 56.5 Å². The second-order valence-corrected chi connectivity index (χ2v) is 11.3. The van der Waals surface area contributed by atoms with E-state index >= 15 is 0 Å². The van der Waals surface area contributed by atoms with Crippen molar-refractivity contribution >= 4 is 24.3 Å². The van der Waals surface area contributed by atoms with Crippen LogP contribution >= 0.6 is 12.4 Å². The highest BCUT2D eigenvalue weighted by Crippen LogP contribution is 2.12. The number of nitrogens with one attached hydrogen (secondary N) is 1. The largest absolute Gasteiger partial charge is 0.478 e. The van der Waals surface area contributed by atoms with Crippen LogP contribution in [0.1, 0.15) is 55.8 Å². The van der Waals surface area contributed by atoms with E-state index in [1.807, 2.05) is 0 Å². The molecule has 260 valence electrons. The van der Waals surface area contributed by atoms with E-state index in [0.717, 1.165) is 44.8 Å². The van der Waals surface area contributed by atoms with Crippen LogP contribution in [0.3, 0.4) is 0 Å². The number of aromatic carboxylic acids is 1. The number of hydrogen-bond donors (Lipinski definition) is 3. The first-order valence-electron chi connectivity index (χ1n) is 15.9. The van der Waals surface area contributed by atoms with Crippen molar-refractivity contribution < 1.29 is 33.0 Å². The van der Waals surface area contributed by atoms with Gasteiger partial charge in [0.05, 0.1) is 29.9 Å². The molecule has 0 aliphatic carbocycles. The van der Waals surface area contributed by atoms with Crippen LogP contribution in [0.2, 0.25) is 0 Å². The van der Waals surface area contributed by atoms with Crippen molar-refractivity contribution in [3.63, 3.8) is 0 Å². The fourth-order valence-corrected chi connectivity index (χ4v) is 4.66. The number of halogens is 3. The smallest absolute Gasteiger partial charge is 0.335 e. The summed E-state index contributed by atoms with van der Waals surface area (Å²) in [7, 11) is 0. The van der Waals surface area contributed by atoms with Crippen molar-refractivity contribution in [2.75, 3.05) is 39.5 Å². The minimum atomic E-state index is -0.983. The van der Waals surface area contributed by atoms with Gasteiger partial charge in [-0.1, -0.05) is 47.9 Å². The summed E-state index contributed by atoms with van der Waals surface area (Å²) in [6, 6.07) is 25.7. The number of amides is 1. The van der Waals surface area contributed by atoms with Gasteiger partial charge in [0.1, 0.15) is 11.6 Å². The summed E-state index contributed by atoms with van der Waals surface area (Å²) in [5, 5.41) is 11.7. The van der Waals surface area contributed by atoms with E-state index < -0.39 is 5.97 Å². The number of carbonyl (C=O) groups is 2. The van der Waals surface area contributed by atoms with Crippen LogP contribution in [0.15, 0.2) is 97.1 Å². The number of hydrogen-bond acceptors (Lipinski definition) is 5. The van der Waals surface area contributed by atoms with Crippen LogP contribution in [0.4, 0.5) is 8.78 Å². The highest BCUT2D eigenvalue weighted by molar-refractivity contribution is 5.94. The molecule has 50 heavy (non-hydrogen) atoms. The highest BCUT2D eigenvalue weighted by Gasteiger charge is 2.16. The molecule has 10 heteroatoms. The first kappa shape index (κ1) is 39.4. The second-order valence-electron chi connectivity index (χ2n) is 11.3. The molecule has 1 amide bonds. The van der Waals surface area contributed by atoms with Gasteiger partial charge < -0.3 is 25.6 Å². The number of carbonyl (C=O) groups excluding carboxylic acids is 1. The fraction of sp³-hybridized carbons (Fsp3) is 0.250. The van der Waals surface area contributed by atoms with Gasteiger partial charge in [0.25, 0.3) is 5.91 Å². The quantitative estimate of drug-likeness (QED) is 0.210. The Balaban J connectivity index is 0.000000228. The maximum Gasteiger partial charge on any atom is 0.335 e. The van der Waals surface area contributed by atoms with E-state index in [2.05, 4.69) is 29.0 Å². The maximum absolute atomic E-state index is 13.5. The molecule has 4 N–H and O–H groups in total. The lowest BCUT2D eigenvalue weighted by Crippen LogP contribution is -2.29. The fourth-order valence-electron chi connectivity index (χ4n) is 4.66. The molecule has 2 atom stereocenters. The molecule has 0 unspecified atom stereocenters. The topological polar surface area (TPSA) is 111 Å². The van der Waals surface area contributed by atoms with Gasteiger partial charge in [-0.2, -0.15) is 0 Å². The zero-order valence-corrected chi connectivity index (χ0v) is 28.2. The average molecular weight is 701 g/mol. The van der Waals surface area contributed by atoms with Gasteiger partial charge in [-0.25, -0.2) is 13.6 Å². The number of rotatable bonds is 5. The molecule has 6 rings (SSSR count). The lowest BCUT2D eigenvalue weighted by Gasteiger charge is -2.09. The predicted molar refractivity (Wildman–Crippen MR) is 191 cm³/mol. The van der Waals surface area contributed by atoms with Gasteiger partial charge in [0.15, 0.2) is 0 Å². The molecular formula is C40H39ClF2N2O5. The predicted octanol–water partition coefficient (Wildman–Crippen LogP) is 6.32. The van der Waals surface area contributed by atoms with Gasteiger partial charge in [-0.3, -0.25) is 4.79 Å². The number of ether oxygens (including phenoxy) is 2. The summed E-state index contributed by atoms with van der Waals surface area (Å²) < 4.78 is 37.2. The van der Waals surface area contributed by atoms with Crippen LogP contribution in [0, 0.1) is 47.2 Å². The molecule has 4 aromatic rings. The molecule has 7 nitrogen and oxygen atoms in total. The van der Waals surface area contributed by atoms with E-state index in [-0.39, 0.29) is 35.5 Å². The Hall–Kier alpha value is -5.03. The molecule has 2 heterocycles. The van der Waals surface area contributed by atoms with Crippen molar-refractivity contribution in [1.82, 2.24) is 5.32 Å². The number of nitrogens with two attached hydrogens (primary N) is 1. The van der Waals surface area contributed by atoms with Crippen molar-refractivity contribution in [3.05, 3.63) is 142 Å². The second kappa shape index (κ2) is 21.1. The Labute approximate surface area is 297 Å². The Morgan fingerprint density at radius 3 is 1.56 bits per heavy atom. The first-order valence-corrected chi connectivity index (χ1v) is 15.9. The third kappa shape index (κ3) is 13.1. The summed E-state index contributed by atoms with van der Waals surface area (Å²) in [5.74, 6) is 10.5. The standard InChI is InChI=1S/C20H18FNO2.C15H9FO2.C5H11NO.ClH/c21-19-4-2-1-3-17(19)8-5-15-6-9-18(10-7-15)20(23)22-13-16-11-12-24-14-16;16-14-4-2-1-3-12(14)8-5-11-6-9-13(10-7-11)15(17)18;6-3-5-1-2-7-4-5;/h1-4,6-7,9-10,16H,11-14H2,(H,22,23);1-4,6-7,9-10H,(H,17,18);5H,1-4,6H2;1H/t16-;;5-;/m1.1./s1. The van der Waals surface area contributed by atoms with Gasteiger partial charge in [-0.15, -0.1) is 12.4 Å². The number of benzene rings is 4. The molecule has 0 aromatic heterocycles. The monoisotopic (exact) mass is 700 g/mol. The SMILES string of the molecule is Cl.NC[C@H]1CCOC1.O=C(NC[C@H]1CCOC1)c1ccc(C#Cc2ccccc2F)cc1.O=C(O)c1ccc(C#Cc2ccccc2F)cc1. The van der Waals surface area contributed by atoms with E-state index in [9.17, 15) is 18.4 Å². The molecule has 2 aliphatic rings. The molecular weight excluding hydrogens is 662 g/mol. The molecule has 2 fully saturated rings. The van der Waals surface area contributed by atoms with E-state index in [4.69, 9.17) is 20.3 Å². The third-order valence-corrected chi connectivity index (χ3v) is 7.64. The Kier molecular flexibility index (Phi) is 16.7. The van der Waals surface area contributed by atoms with Crippen molar-refractivity contribution in [2.45, 2.75) is 12.8 Å². The van der Waals surface area contributed by atoms with Crippen LogP contribution in [0.5, 0.6) is 0 Å². The lowest BCUT2D eigenvalue weighted by molar-refractivity contribution is 0.0696. The first-order chi connectivity index (χ1) is 23.8. The minimum absolute atomic E-state index is 0. The van der Waals surface area contributed by atoms with E-state index in [1.165, 1.54) is 24.3 Å². The maximum atomic E-state index is 13.5. The van der Waals surface area contributed by atoms with E-state index in [0.29, 0.717) is 47.2 Å². The summed E-state index contributed by atoms with van der Waals surface area (Å²) >= 11 is 0. The van der Waals surface area contributed by atoms with Crippen LogP contribution in [0.25, 0.3) is 0 Å². The molecule has 4 aromatic carbocycles. The Bertz CT molecular complexity index is 1800. The average Bonchev–Trinajstić information content (AvgIpc) is 3.86. The summed E-state index contributed by atoms with van der Waals surface area (Å²) in [6.07, 6.45) is 2.15. The van der Waals surface area contributed by atoms with Crippen molar-refractivity contribution in [2.24, 2.45) is 17.6 Å². The van der Waals surface area contributed by atoms with Gasteiger partial charge in [0.2, 0.25) is 0 Å². The van der Waals surface area contributed by atoms with Crippen LogP contribution in [-0.2, 0) is 9.47 Å². The van der Waals surface area contributed by atoms with Crippen molar-refractivity contribution in [1.29, 1.82) is 0 Å². The molecule has 0 saturated carbocycles. The molecule has 2 aliphatic heterocycles. The Morgan fingerprint density at radius 1 is 0.700 bits per heavy atom.